The summed E-state index contributed by atoms with van der Waals surface area (Å²) in [5.74, 6) is 1.67. The zero-order chi connectivity index (χ0) is 16.2. The molecule has 0 saturated heterocycles. The molecule has 1 aromatic heterocycles. The van der Waals surface area contributed by atoms with Gasteiger partial charge in [-0.15, -0.1) is 0 Å². The molecule has 5 nitrogen and oxygen atoms in total. The Labute approximate surface area is 136 Å². The smallest absolute Gasteiger partial charge is 0.251 e. The zero-order valence-corrected chi connectivity index (χ0v) is 13.5. The number of ether oxygens (including phenoxy) is 1. The molecule has 1 aromatic carbocycles. The maximum absolute atomic E-state index is 12.4. The van der Waals surface area contributed by atoms with Gasteiger partial charge in [-0.05, 0) is 62.8 Å². The van der Waals surface area contributed by atoms with Crippen molar-refractivity contribution in [2.45, 2.75) is 18.9 Å². The Hall–Kier alpha value is -2.27. The van der Waals surface area contributed by atoms with E-state index < -0.39 is 0 Å². The van der Waals surface area contributed by atoms with Crippen molar-refractivity contribution in [1.29, 1.82) is 0 Å². The highest BCUT2D eigenvalue weighted by atomic mass is 16.5. The molecule has 0 radical (unpaired) electrons. The van der Waals surface area contributed by atoms with Crippen LogP contribution in [0.15, 0.2) is 41.0 Å². The monoisotopic (exact) mass is 314 g/mol. The zero-order valence-electron chi connectivity index (χ0n) is 13.5. The number of rotatable bonds is 5. The van der Waals surface area contributed by atoms with Gasteiger partial charge < -0.3 is 14.5 Å². The van der Waals surface area contributed by atoms with Crippen LogP contribution in [0.25, 0.3) is 0 Å². The van der Waals surface area contributed by atoms with Gasteiger partial charge in [0.25, 0.3) is 5.91 Å². The van der Waals surface area contributed by atoms with Crippen molar-refractivity contribution >= 4 is 5.91 Å². The average Bonchev–Trinajstić information content (AvgIpc) is 3.08. The van der Waals surface area contributed by atoms with Crippen molar-refractivity contribution in [3.63, 3.8) is 0 Å². The van der Waals surface area contributed by atoms with Crippen LogP contribution in [0.2, 0.25) is 0 Å². The van der Waals surface area contributed by atoms with E-state index in [-0.39, 0.29) is 11.9 Å². The highest BCUT2D eigenvalue weighted by Crippen LogP contribution is 2.25. The second-order valence-corrected chi connectivity index (χ2v) is 5.98. The summed E-state index contributed by atoms with van der Waals surface area (Å²) in [7, 11) is 3.94. The van der Waals surface area contributed by atoms with E-state index in [1.54, 1.807) is 6.26 Å². The Morgan fingerprint density at radius 3 is 2.96 bits per heavy atom. The molecule has 2 aromatic rings. The molecule has 0 fully saturated rings. The molecule has 0 unspecified atom stereocenters. The van der Waals surface area contributed by atoms with E-state index in [9.17, 15) is 4.79 Å². The summed E-state index contributed by atoms with van der Waals surface area (Å²) in [6.07, 6.45) is 3.61. The van der Waals surface area contributed by atoms with Crippen LogP contribution >= 0.6 is 0 Å². The van der Waals surface area contributed by atoms with Crippen LogP contribution in [-0.2, 0) is 6.42 Å². The fraction of sp³-hybridized carbons (Fsp3) is 0.389. The molecular weight excluding hydrogens is 292 g/mol. The Bertz CT molecular complexity index is 665. The quantitative estimate of drug-likeness (QED) is 0.922. The van der Waals surface area contributed by atoms with Gasteiger partial charge in [0.15, 0.2) is 0 Å². The number of carbonyl (C=O) groups excluding carboxylic acids is 1. The van der Waals surface area contributed by atoms with Crippen molar-refractivity contribution in [1.82, 2.24) is 10.2 Å². The molecule has 122 valence electrons. The minimum absolute atomic E-state index is 0.00918. The highest BCUT2D eigenvalue weighted by molar-refractivity contribution is 5.94. The summed E-state index contributed by atoms with van der Waals surface area (Å²) >= 11 is 0. The SMILES string of the molecule is CN(C)[C@@H](CNC(=O)c1ccc2c(c1)CCCO2)c1ccco1. The molecule has 0 bridgehead atoms. The number of carbonyl (C=O) groups is 1. The van der Waals surface area contributed by atoms with Crippen molar-refractivity contribution in [3.05, 3.63) is 53.5 Å². The van der Waals surface area contributed by atoms with Gasteiger partial charge in [0.05, 0.1) is 18.9 Å². The Kier molecular flexibility index (Phi) is 4.67. The van der Waals surface area contributed by atoms with Crippen molar-refractivity contribution in [2.24, 2.45) is 0 Å². The fourth-order valence-corrected chi connectivity index (χ4v) is 2.81. The van der Waals surface area contributed by atoms with E-state index in [0.29, 0.717) is 12.1 Å². The molecule has 1 N–H and O–H groups in total. The topological polar surface area (TPSA) is 54.7 Å². The summed E-state index contributed by atoms with van der Waals surface area (Å²) in [6.45, 7) is 1.25. The Morgan fingerprint density at radius 1 is 1.35 bits per heavy atom. The van der Waals surface area contributed by atoms with Crippen LogP contribution in [0.5, 0.6) is 5.75 Å². The van der Waals surface area contributed by atoms with E-state index >= 15 is 0 Å². The predicted molar refractivity (Wildman–Crippen MR) is 87.7 cm³/mol. The number of hydrogen-bond acceptors (Lipinski definition) is 4. The van der Waals surface area contributed by atoms with Gasteiger partial charge in [-0.1, -0.05) is 0 Å². The van der Waals surface area contributed by atoms with Crippen LogP contribution in [0, 0.1) is 0 Å². The second kappa shape index (κ2) is 6.87. The second-order valence-electron chi connectivity index (χ2n) is 5.98. The Morgan fingerprint density at radius 2 is 2.22 bits per heavy atom. The van der Waals surface area contributed by atoms with Gasteiger partial charge in [-0.2, -0.15) is 0 Å². The number of amides is 1. The number of fused-ring (bicyclic) bond motifs is 1. The number of nitrogens with one attached hydrogen (secondary N) is 1. The highest BCUT2D eigenvalue weighted by Gasteiger charge is 2.19. The van der Waals surface area contributed by atoms with E-state index in [4.69, 9.17) is 9.15 Å². The molecule has 1 aliphatic rings. The molecule has 0 spiro atoms. The first-order chi connectivity index (χ1) is 11.1. The van der Waals surface area contributed by atoms with Crippen LogP contribution in [0.1, 0.15) is 34.1 Å². The van der Waals surface area contributed by atoms with E-state index in [2.05, 4.69) is 5.32 Å². The maximum Gasteiger partial charge on any atom is 0.251 e. The van der Waals surface area contributed by atoms with Crippen LogP contribution in [-0.4, -0.2) is 38.1 Å². The van der Waals surface area contributed by atoms with Gasteiger partial charge >= 0.3 is 0 Å². The maximum atomic E-state index is 12.4. The molecule has 1 amide bonds. The van der Waals surface area contributed by atoms with Crippen molar-refractivity contribution in [2.75, 3.05) is 27.2 Å². The van der Waals surface area contributed by atoms with E-state index in [0.717, 1.165) is 36.5 Å². The van der Waals surface area contributed by atoms with Gasteiger partial charge in [-0.3, -0.25) is 9.69 Å². The first-order valence-electron chi connectivity index (χ1n) is 7.89. The van der Waals surface area contributed by atoms with Crippen LogP contribution in [0.3, 0.4) is 0 Å². The Balaban J connectivity index is 1.67. The van der Waals surface area contributed by atoms with Gasteiger partial charge in [-0.25, -0.2) is 0 Å². The average molecular weight is 314 g/mol. The van der Waals surface area contributed by atoms with Crippen LogP contribution < -0.4 is 10.1 Å². The summed E-state index contributed by atoms with van der Waals surface area (Å²) in [4.78, 5) is 14.5. The fourth-order valence-electron chi connectivity index (χ4n) is 2.81. The molecule has 1 atom stereocenters. The summed E-state index contributed by atoms with van der Waals surface area (Å²) in [5.41, 5.74) is 1.78. The standard InChI is InChI=1S/C18H22N2O3/c1-20(2)15(17-6-4-10-23-17)12-19-18(21)14-7-8-16-13(11-14)5-3-9-22-16/h4,6-8,10-11,15H,3,5,9,12H2,1-2H3,(H,19,21)/t15-/m0/s1. The number of nitrogens with zero attached hydrogens (tertiary/aromatic N) is 1. The third kappa shape index (κ3) is 3.56. The molecular formula is C18H22N2O3. The minimum atomic E-state index is -0.0724. The number of hydrogen-bond donors (Lipinski definition) is 1. The minimum Gasteiger partial charge on any atom is -0.493 e. The molecule has 5 heteroatoms. The number of aryl methyl sites for hydroxylation is 1. The molecule has 2 heterocycles. The summed E-state index contributed by atoms with van der Waals surface area (Å²) in [5, 5.41) is 2.99. The number of benzene rings is 1. The molecule has 0 saturated carbocycles. The third-order valence-corrected chi connectivity index (χ3v) is 4.12. The predicted octanol–water partition coefficient (Wildman–Crippen LogP) is 2.64. The molecule has 3 rings (SSSR count). The summed E-state index contributed by atoms with van der Waals surface area (Å²) < 4.78 is 11.0. The lowest BCUT2D eigenvalue weighted by molar-refractivity contribution is 0.0939. The normalized spacial score (nSPS) is 14.9. The van der Waals surface area contributed by atoms with Crippen LogP contribution in [0.4, 0.5) is 0 Å². The molecule has 1 aliphatic heterocycles. The van der Waals surface area contributed by atoms with Crippen molar-refractivity contribution < 1.29 is 13.9 Å². The number of likely N-dealkylation sites (N-methyl/N-ethyl adjacent to an activating group) is 1. The largest absolute Gasteiger partial charge is 0.493 e. The molecule has 0 aliphatic carbocycles. The first-order valence-corrected chi connectivity index (χ1v) is 7.89. The lowest BCUT2D eigenvalue weighted by Crippen LogP contribution is -2.34. The lowest BCUT2D eigenvalue weighted by Gasteiger charge is -2.23. The summed E-state index contributed by atoms with van der Waals surface area (Å²) in [6, 6.07) is 9.43. The first kappa shape index (κ1) is 15.6. The molecule has 23 heavy (non-hydrogen) atoms. The number of furan rings is 1. The van der Waals surface area contributed by atoms with E-state index in [1.807, 2.05) is 49.3 Å². The van der Waals surface area contributed by atoms with E-state index in [1.165, 1.54) is 0 Å². The van der Waals surface area contributed by atoms with Gasteiger partial charge in [0.2, 0.25) is 0 Å². The van der Waals surface area contributed by atoms with Gasteiger partial charge in [0, 0.05) is 12.1 Å². The third-order valence-electron chi connectivity index (χ3n) is 4.12. The van der Waals surface area contributed by atoms with Gasteiger partial charge in [0.1, 0.15) is 11.5 Å². The lowest BCUT2D eigenvalue weighted by atomic mass is 10.0. The van der Waals surface area contributed by atoms with Crippen molar-refractivity contribution in [3.8, 4) is 5.75 Å².